The number of ether oxygens (including phenoxy) is 9. The molecule has 672 valence electrons. The van der Waals surface area contributed by atoms with Crippen molar-refractivity contribution < 1.29 is 57.4 Å². The predicted molar refractivity (Wildman–Crippen MR) is 531 cm³/mol. The van der Waals surface area contributed by atoms with Crippen LogP contribution in [-0.2, 0) is 4.57 Å². The standard InChI is InChI=1S/6C10H7Cl2NO.2C10H9NO3.C7H9NO.2CH4.Cl3OP/c3*1-14-6-2-3-7-8(11)5-10(12)13-9(7)4-6;3*1-14-8-4-2-3-7-10(8)6(11)5-9(12)13-7;1-14-6-2-3-7-8(4-6)11-10(13)5-9(7)12;1-14-8-4-2-3-6-10(8)7(12)5-9(13)11-6;1-9-7-4-2-3-6(8)5-7;;;1-5(2,3)4/h6*2-5H,1H3;2*2-5H,1H3,(H2,11,12,13);2-5H,8H2,1H3;2*1H4;. The summed E-state index contributed by atoms with van der Waals surface area (Å²) >= 11 is 84.7. The van der Waals surface area contributed by atoms with Crippen LogP contribution >= 0.6 is 178 Å². The van der Waals surface area contributed by atoms with Gasteiger partial charge in [0.2, 0.25) is 0 Å². The summed E-state index contributed by atoms with van der Waals surface area (Å²) in [6, 6.07) is 62.6. The van der Waals surface area contributed by atoms with E-state index in [9.17, 15) is 24.4 Å². The lowest BCUT2D eigenvalue weighted by Crippen LogP contribution is -2.03. The van der Waals surface area contributed by atoms with Gasteiger partial charge in [-0.25, -0.2) is 29.9 Å². The molecule has 17 rings (SSSR count). The van der Waals surface area contributed by atoms with Crippen molar-refractivity contribution >= 4 is 271 Å². The van der Waals surface area contributed by atoms with E-state index in [2.05, 4.69) is 73.6 Å². The molecule has 0 aliphatic heterocycles. The zero-order valence-electron chi connectivity index (χ0n) is 67.0. The highest BCUT2D eigenvalue weighted by Gasteiger charge is 2.14. The van der Waals surface area contributed by atoms with E-state index in [1.54, 1.807) is 154 Å². The Hall–Kier alpha value is -9.96. The lowest BCUT2D eigenvalue weighted by Gasteiger charge is -2.06. The number of hydrogen-bond donors (Lipinski definition) is 5. The Kier molecular flexibility index (Phi) is 42.9. The van der Waals surface area contributed by atoms with Gasteiger partial charge in [-0.3, -0.25) is 14.2 Å². The van der Waals surface area contributed by atoms with Gasteiger partial charge in [0.25, 0.3) is 11.1 Å². The van der Waals surface area contributed by atoms with Gasteiger partial charge in [-0.2, -0.15) is 0 Å². The minimum Gasteiger partial charge on any atom is -0.507 e. The lowest BCUT2D eigenvalue weighted by molar-refractivity contribution is 0.415. The Labute approximate surface area is 809 Å². The van der Waals surface area contributed by atoms with E-state index < -0.39 is 5.20 Å². The first kappa shape index (κ1) is 107. The maximum atomic E-state index is 11.0. The van der Waals surface area contributed by atoms with E-state index in [-0.39, 0.29) is 37.5 Å². The third-order valence-corrected chi connectivity index (χ3v) is 19.8. The highest BCUT2D eigenvalue weighted by Crippen LogP contribution is 2.61. The Balaban J connectivity index is 0.000000221. The molecule has 0 spiro atoms. The van der Waals surface area contributed by atoms with Crippen LogP contribution in [0.25, 0.3) is 87.2 Å². The third kappa shape index (κ3) is 31.1. The molecule has 6 N–H and O–H groups in total. The van der Waals surface area contributed by atoms with Gasteiger partial charge in [0.05, 0.1) is 160 Å². The van der Waals surface area contributed by atoms with Crippen molar-refractivity contribution in [2.45, 2.75) is 14.9 Å². The number of hydrogen-bond acceptors (Lipinski definition) is 21. The first-order valence-corrected chi connectivity index (χ1v) is 44.6. The molecule has 23 nitrogen and oxygen atoms in total. The number of fused-ring (bicyclic) bond motifs is 8. The molecular formula is C89H77Cl15N9O14P. The fourth-order valence-corrected chi connectivity index (χ4v) is 14.5. The van der Waals surface area contributed by atoms with Crippen LogP contribution in [-0.4, -0.2) is 114 Å². The van der Waals surface area contributed by atoms with Gasteiger partial charge < -0.3 is 68.5 Å². The molecule has 0 aliphatic rings. The van der Waals surface area contributed by atoms with Crippen LogP contribution in [0.2, 0.25) is 61.1 Å². The van der Waals surface area contributed by atoms with Crippen molar-refractivity contribution in [1.29, 1.82) is 0 Å². The number of aromatic hydroxyl groups is 2. The molecule has 0 fully saturated rings. The quantitative estimate of drug-likeness (QED) is 0.0509. The largest absolute Gasteiger partial charge is 0.507 e. The van der Waals surface area contributed by atoms with E-state index in [0.717, 1.165) is 106 Å². The summed E-state index contributed by atoms with van der Waals surface area (Å²) in [6.45, 7) is 0. The van der Waals surface area contributed by atoms with E-state index in [1.165, 1.54) is 7.11 Å². The summed E-state index contributed by atoms with van der Waals surface area (Å²) in [5, 5.41) is 27.7. The van der Waals surface area contributed by atoms with Gasteiger partial charge in [-0.1, -0.05) is 184 Å². The molecule has 8 heterocycles. The van der Waals surface area contributed by atoms with Crippen LogP contribution in [0, 0.1) is 0 Å². The van der Waals surface area contributed by atoms with Crippen molar-refractivity contribution in [3.63, 3.8) is 0 Å². The molecule has 0 saturated carbocycles. The van der Waals surface area contributed by atoms with E-state index in [1.807, 2.05) is 109 Å². The van der Waals surface area contributed by atoms with Crippen LogP contribution in [0.3, 0.4) is 0 Å². The van der Waals surface area contributed by atoms with Crippen molar-refractivity contribution in [2.24, 2.45) is 0 Å². The van der Waals surface area contributed by atoms with Crippen molar-refractivity contribution in [1.82, 2.24) is 39.9 Å². The molecule has 0 aliphatic carbocycles. The van der Waals surface area contributed by atoms with Crippen LogP contribution in [0.5, 0.6) is 63.2 Å². The Morgan fingerprint density at radius 1 is 0.289 bits per heavy atom. The molecule has 0 saturated heterocycles. The fourth-order valence-electron chi connectivity index (χ4n) is 11.3. The number of benzene rings is 9. The van der Waals surface area contributed by atoms with Crippen molar-refractivity contribution in [3.05, 3.63) is 300 Å². The zero-order valence-corrected chi connectivity index (χ0v) is 79.2. The van der Waals surface area contributed by atoms with Crippen LogP contribution in [0.1, 0.15) is 14.9 Å². The number of aromatic nitrogens is 8. The Morgan fingerprint density at radius 2 is 0.555 bits per heavy atom. The van der Waals surface area contributed by atoms with Crippen LogP contribution in [0.15, 0.2) is 228 Å². The number of nitrogens with one attached hydrogen (secondary N) is 2. The highest BCUT2D eigenvalue weighted by molar-refractivity contribution is 8.24. The summed E-state index contributed by atoms with van der Waals surface area (Å²) in [5.41, 5.74) is 11.1. The fraction of sp³-hybridized carbons (Fsp3) is 0.124. The van der Waals surface area contributed by atoms with Crippen LogP contribution < -0.4 is 59.5 Å². The third-order valence-electron chi connectivity index (χ3n) is 16.8. The van der Waals surface area contributed by atoms with Gasteiger partial charge in [0.1, 0.15) is 94.2 Å². The normalized spacial score (nSPS) is 10.2. The van der Waals surface area contributed by atoms with Gasteiger partial charge in [0.15, 0.2) is 0 Å². The van der Waals surface area contributed by atoms with Gasteiger partial charge in [-0.15, -0.1) is 0 Å². The highest BCUT2D eigenvalue weighted by atomic mass is 36.0. The van der Waals surface area contributed by atoms with E-state index in [4.69, 9.17) is 188 Å². The molecule has 9 aromatic carbocycles. The molecular weight excluding hydrogens is 1980 g/mol. The number of methoxy groups -OCH3 is 9. The second-order valence-electron chi connectivity index (χ2n) is 24.8. The average molecular weight is 2060 g/mol. The number of nitrogens with zero attached hydrogens (tertiary/aromatic N) is 6. The summed E-state index contributed by atoms with van der Waals surface area (Å²) in [7, 11) is 14.3. The average Bonchev–Trinajstić information content (AvgIpc) is 0.837. The number of rotatable bonds is 9. The van der Waals surface area contributed by atoms with Crippen molar-refractivity contribution in [2.75, 3.05) is 69.7 Å². The first-order valence-electron chi connectivity index (χ1n) is 35.7. The molecule has 0 unspecified atom stereocenters. The second-order valence-corrected chi connectivity index (χ2v) is 36.2. The molecule has 128 heavy (non-hydrogen) atoms. The van der Waals surface area contributed by atoms with Crippen LogP contribution in [0.4, 0.5) is 5.69 Å². The number of nitrogen functional groups attached to an aromatic ring is 1. The van der Waals surface area contributed by atoms with Crippen molar-refractivity contribution in [3.8, 4) is 63.2 Å². The smallest absolute Gasteiger partial charge is 0.339 e. The van der Waals surface area contributed by atoms with Gasteiger partial charge in [-0.05, 0) is 179 Å². The maximum Gasteiger partial charge on any atom is 0.339 e. The summed E-state index contributed by atoms with van der Waals surface area (Å²) in [5.74, 6) is 6.22. The van der Waals surface area contributed by atoms with E-state index >= 15 is 0 Å². The summed E-state index contributed by atoms with van der Waals surface area (Å²) in [6.07, 6.45) is 0. The predicted octanol–water partition coefficient (Wildman–Crippen LogP) is 29.1. The molecule has 8 aromatic heterocycles. The Morgan fingerprint density at radius 3 is 0.867 bits per heavy atom. The maximum absolute atomic E-state index is 11.0. The number of nitrogens with two attached hydrogens (primary N) is 1. The SMILES string of the molecule is C.C.COc1ccc2c(Cl)cc(Cl)nc2c1.COc1ccc2c(Cl)cc(Cl)nc2c1.COc1ccc2c(Cl)cc(Cl)nc2c1.COc1ccc2c(O)cc(=O)[nH]c2c1.COc1cccc(N)c1.COc1cccc2[nH]c(=O)cc(O)c12.COc1cccc2nc(Cl)cc(Cl)c12.COc1cccc2nc(Cl)cc(Cl)c12.COc1cccc2nc(Cl)cc(Cl)c12.O=P(Cl)(Cl)Cl. The number of H-pyrrole nitrogens is 2. The number of pyridine rings is 8. The second kappa shape index (κ2) is 51.4. The van der Waals surface area contributed by atoms with E-state index in [0.29, 0.717) is 112 Å². The summed E-state index contributed by atoms with van der Waals surface area (Å²) < 4.78 is 55.3. The zero-order chi connectivity index (χ0) is 92.2. The Bertz CT molecular complexity index is 6390. The lowest BCUT2D eigenvalue weighted by atomic mass is 10.2. The molecule has 17 aromatic rings. The minimum absolute atomic E-state index is 0. The molecule has 0 amide bonds. The number of aromatic amines is 2. The number of anilines is 1. The molecule has 0 atom stereocenters. The number of halogens is 15. The minimum atomic E-state index is -3.22. The molecule has 39 heteroatoms. The monoisotopic (exact) mass is 2050 g/mol. The van der Waals surface area contributed by atoms with Gasteiger partial charge in [0, 0.05) is 69.7 Å². The first-order chi connectivity index (χ1) is 60.0. The summed E-state index contributed by atoms with van der Waals surface area (Å²) in [4.78, 5) is 52.2. The molecule has 0 radical (unpaired) electrons. The molecule has 0 bridgehead atoms. The topological polar surface area (TPSA) is 310 Å². The van der Waals surface area contributed by atoms with Gasteiger partial charge >= 0.3 is 5.20 Å².